The molecule has 1 aromatic rings. The van der Waals surface area contributed by atoms with Gasteiger partial charge in [-0.1, -0.05) is 42.5 Å². The summed E-state index contributed by atoms with van der Waals surface area (Å²) in [5, 5.41) is 0. The second-order valence-electron chi connectivity index (χ2n) is 4.45. The fourth-order valence-electron chi connectivity index (χ4n) is 2.03. The molecule has 0 amide bonds. The van der Waals surface area contributed by atoms with Crippen LogP contribution in [0.4, 0.5) is 0 Å². The zero-order valence-corrected chi connectivity index (χ0v) is 10.5. The maximum atomic E-state index is 10.8. The molecule has 0 unspecified atom stereocenters. The molecule has 0 bridgehead atoms. The van der Waals surface area contributed by atoms with E-state index < -0.39 is 0 Å². The van der Waals surface area contributed by atoms with Crippen LogP contribution in [0, 0.1) is 0 Å². The molecule has 18 heavy (non-hydrogen) atoms. The highest BCUT2D eigenvalue weighted by Crippen LogP contribution is 2.17. The molecule has 1 heterocycles. The van der Waals surface area contributed by atoms with Crippen molar-refractivity contribution in [3.05, 3.63) is 48.0 Å². The number of hydrogen-bond donors (Lipinski definition) is 0. The van der Waals surface area contributed by atoms with Crippen molar-refractivity contribution in [2.45, 2.75) is 32.0 Å². The summed E-state index contributed by atoms with van der Waals surface area (Å²) in [7, 11) is 0. The summed E-state index contributed by atoms with van der Waals surface area (Å²) in [6.07, 6.45) is 5.91. The van der Waals surface area contributed by atoms with Crippen molar-refractivity contribution in [2.24, 2.45) is 0 Å². The topological polar surface area (TPSA) is 35.5 Å². The smallest absolute Gasteiger partial charge is 0.302 e. The van der Waals surface area contributed by atoms with Gasteiger partial charge in [-0.3, -0.25) is 4.79 Å². The van der Waals surface area contributed by atoms with E-state index in [2.05, 4.69) is 18.2 Å². The van der Waals surface area contributed by atoms with Crippen molar-refractivity contribution >= 4 is 5.97 Å². The zero-order chi connectivity index (χ0) is 12.8. The molecule has 1 aliphatic heterocycles. The van der Waals surface area contributed by atoms with E-state index in [1.807, 2.05) is 24.3 Å². The van der Waals surface area contributed by atoms with Gasteiger partial charge in [0.25, 0.3) is 0 Å². The van der Waals surface area contributed by atoms with Gasteiger partial charge < -0.3 is 9.47 Å². The van der Waals surface area contributed by atoms with Crippen molar-refractivity contribution in [1.82, 2.24) is 0 Å². The van der Waals surface area contributed by atoms with E-state index in [1.165, 1.54) is 12.5 Å². The van der Waals surface area contributed by atoms with Crippen molar-refractivity contribution in [3.63, 3.8) is 0 Å². The van der Waals surface area contributed by atoms with Gasteiger partial charge in [0.15, 0.2) is 0 Å². The lowest BCUT2D eigenvalue weighted by Gasteiger charge is -2.25. The minimum Gasteiger partial charge on any atom is -0.463 e. The summed E-state index contributed by atoms with van der Waals surface area (Å²) in [5.41, 5.74) is 1.27. The number of benzene rings is 1. The van der Waals surface area contributed by atoms with Crippen molar-refractivity contribution < 1.29 is 14.3 Å². The molecule has 0 spiro atoms. The first-order valence-electron chi connectivity index (χ1n) is 6.23. The molecule has 0 aliphatic carbocycles. The summed E-state index contributed by atoms with van der Waals surface area (Å²) in [5.74, 6) is -0.266. The molecule has 3 heteroatoms. The SMILES string of the molecule is CC(=O)OC[C@H]1C=CC[C@@H](Cc2ccccc2)O1. The molecular weight excluding hydrogens is 228 g/mol. The summed E-state index contributed by atoms with van der Waals surface area (Å²) in [4.78, 5) is 10.8. The Morgan fingerprint density at radius 2 is 2.17 bits per heavy atom. The molecule has 3 nitrogen and oxygen atoms in total. The fraction of sp³-hybridized carbons (Fsp3) is 0.400. The Kier molecular flexibility index (Phi) is 4.53. The largest absolute Gasteiger partial charge is 0.463 e. The zero-order valence-electron chi connectivity index (χ0n) is 10.5. The number of hydrogen-bond acceptors (Lipinski definition) is 3. The third-order valence-electron chi connectivity index (χ3n) is 2.87. The normalized spacial score (nSPS) is 22.7. The fourth-order valence-corrected chi connectivity index (χ4v) is 2.03. The first-order valence-corrected chi connectivity index (χ1v) is 6.23. The summed E-state index contributed by atoms with van der Waals surface area (Å²) < 4.78 is 10.8. The molecular formula is C15H18O3. The first-order chi connectivity index (χ1) is 8.74. The third kappa shape index (κ3) is 4.00. The van der Waals surface area contributed by atoms with E-state index in [1.54, 1.807) is 0 Å². The van der Waals surface area contributed by atoms with Crippen LogP contribution in [0.1, 0.15) is 18.9 Å². The summed E-state index contributed by atoms with van der Waals surface area (Å²) >= 11 is 0. The van der Waals surface area contributed by atoms with Gasteiger partial charge in [-0.2, -0.15) is 0 Å². The van der Waals surface area contributed by atoms with Crippen LogP contribution < -0.4 is 0 Å². The summed E-state index contributed by atoms with van der Waals surface area (Å²) in [6.45, 7) is 1.71. The molecule has 1 aliphatic rings. The van der Waals surface area contributed by atoms with Gasteiger partial charge in [0.1, 0.15) is 12.7 Å². The lowest BCUT2D eigenvalue weighted by atomic mass is 10.0. The Balaban J connectivity index is 1.85. The van der Waals surface area contributed by atoms with Crippen LogP contribution in [-0.2, 0) is 20.7 Å². The lowest BCUT2D eigenvalue weighted by Crippen LogP contribution is -2.29. The minimum atomic E-state index is -0.266. The van der Waals surface area contributed by atoms with Crippen LogP contribution in [0.2, 0.25) is 0 Å². The van der Waals surface area contributed by atoms with Gasteiger partial charge in [-0.15, -0.1) is 0 Å². The van der Waals surface area contributed by atoms with Gasteiger partial charge in [-0.25, -0.2) is 0 Å². The predicted molar refractivity (Wildman–Crippen MR) is 69.2 cm³/mol. The molecule has 0 radical (unpaired) electrons. The average Bonchev–Trinajstić information content (AvgIpc) is 2.38. The van der Waals surface area contributed by atoms with E-state index in [4.69, 9.17) is 9.47 Å². The molecule has 0 aromatic heterocycles. The highest BCUT2D eigenvalue weighted by atomic mass is 16.6. The average molecular weight is 246 g/mol. The van der Waals surface area contributed by atoms with E-state index in [0.717, 1.165) is 12.8 Å². The molecule has 0 saturated heterocycles. The molecule has 1 aromatic carbocycles. The number of esters is 1. The van der Waals surface area contributed by atoms with Crippen LogP contribution in [-0.4, -0.2) is 24.8 Å². The van der Waals surface area contributed by atoms with E-state index in [-0.39, 0.29) is 18.2 Å². The van der Waals surface area contributed by atoms with Gasteiger partial charge in [0.05, 0.1) is 6.10 Å². The lowest BCUT2D eigenvalue weighted by molar-refractivity contribution is -0.145. The van der Waals surface area contributed by atoms with Crippen LogP contribution in [0.3, 0.4) is 0 Å². The van der Waals surface area contributed by atoms with Crippen LogP contribution >= 0.6 is 0 Å². The van der Waals surface area contributed by atoms with Crippen molar-refractivity contribution in [1.29, 1.82) is 0 Å². The molecule has 0 fully saturated rings. The van der Waals surface area contributed by atoms with Crippen LogP contribution in [0.15, 0.2) is 42.5 Å². The van der Waals surface area contributed by atoms with Crippen LogP contribution in [0.5, 0.6) is 0 Å². The standard InChI is InChI=1S/C15H18O3/c1-12(16)17-11-15-9-5-8-14(18-15)10-13-6-3-2-4-7-13/h2-7,9,14-15H,8,10-11H2,1H3/t14-,15+/m0/s1. The molecule has 0 N–H and O–H groups in total. The van der Waals surface area contributed by atoms with Crippen molar-refractivity contribution in [2.75, 3.05) is 6.61 Å². The maximum Gasteiger partial charge on any atom is 0.302 e. The highest BCUT2D eigenvalue weighted by molar-refractivity contribution is 5.65. The molecule has 0 saturated carbocycles. The van der Waals surface area contributed by atoms with Crippen LogP contribution in [0.25, 0.3) is 0 Å². The number of rotatable bonds is 4. The van der Waals surface area contributed by atoms with Crippen molar-refractivity contribution in [3.8, 4) is 0 Å². The first kappa shape index (κ1) is 12.8. The third-order valence-corrected chi connectivity index (χ3v) is 2.87. The predicted octanol–water partition coefficient (Wildman–Crippen LogP) is 2.51. The Morgan fingerprint density at radius 1 is 1.39 bits per heavy atom. The quantitative estimate of drug-likeness (QED) is 0.605. The molecule has 2 rings (SSSR count). The van der Waals surface area contributed by atoms with E-state index in [9.17, 15) is 4.79 Å². The Hall–Kier alpha value is -1.61. The van der Waals surface area contributed by atoms with Gasteiger partial charge >= 0.3 is 5.97 Å². The maximum absolute atomic E-state index is 10.8. The number of ether oxygens (including phenoxy) is 2. The molecule has 96 valence electrons. The number of carbonyl (C=O) groups is 1. The highest BCUT2D eigenvalue weighted by Gasteiger charge is 2.19. The molecule has 2 atom stereocenters. The van der Waals surface area contributed by atoms with Gasteiger partial charge in [-0.05, 0) is 18.4 Å². The Labute approximate surface area is 107 Å². The number of carbonyl (C=O) groups excluding carboxylic acids is 1. The van der Waals surface area contributed by atoms with Gasteiger partial charge in [0.2, 0.25) is 0 Å². The Bertz CT molecular complexity index is 411. The second-order valence-corrected chi connectivity index (χ2v) is 4.45. The van der Waals surface area contributed by atoms with Gasteiger partial charge in [0, 0.05) is 6.92 Å². The minimum absolute atomic E-state index is 0.114. The van der Waals surface area contributed by atoms with E-state index in [0.29, 0.717) is 6.61 Å². The monoisotopic (exact) mass is 246 g/mol. The van der Waals surface area contributed by atoms with E-state index >= 15 is 0 Å². The summed E-state index contributed by atoms with van der Waals surface area (Å²) in [6, 6.07) is 10.3. The Morgan fingerprint density at radius 3 is 2.89 bits per heavy atom. The second kappa shape index (κ2) is 6.36.